The van der Waals surface area contributed by atoms with Crippen molar-refractivity contribution in [2.45, 2.75) is 6.92 Å². The van der Waals surface area contributed by atoms with E-state index in [1.54, 1.807) is 19.1 Å². The summed E-state index contributed by atoms with van der Waals surface area (Å²) < 4.78 is 0.965. The average Bonchev–Trinajstić information content (AvgIpc) is 2.32. The Morgan fingerprint density at radius 1 is 1.37 bits per heavy atom. The lowest BCUT2D eigenvalue weighted by Gasteiger charge is -2.09. The van der Waals surface area contributed by atoms with Gasteiger partial charge in [0.15, 0.2) is 0 Å². The third-order valence-corrected chi connectivity index (χ3v) is 3.64. The summed E-state index contributed by atoms with van der Waals surface area (Å²) in [5, 5.41) is 12.7. The van der Waals surface area contributed by atoms with Crippen molar-refractivity contribution in [1.29, 1.82) is 0 Å². The number of carbonyl (C=O) groups is 1. The summed E-state index contributed by atoms with van der Waals surface area (Å²) in [6.45, 7) is 1.67. The zero-order valence-electron chi connectivity index (χ0n) is 9.95. The Bertz CT molecular complexity index is 647. The number of rotatable bonds is 3. The molecule has 0 aliphatic rings. The van der Waals surface area contributed by atoms with Crippen LogP contribution in [0.25, 0.3) is 0 Å². The van der Waals surface area contributed by atoms with E-state index in [1.165, 1.54) is 6.07 Å². The van der Waals surface area contributed by atoms with Crippen molar-refractivity contribution in [2.75, 3.05) is 5.32 Å². The molecule has 2 rings (SSSR count). The molecule has 0 bridgehead atoms. The maximum Gasteiger partial charge on any atom is 0.337 e. The molecule has 1 heterocycles. The second kappa shape index (κ2) is 5.75. The van der Waals surface area contributed by atoms with Crippen LogP contribution in [0.2, 0.25) is 5.02 Å². The normalized spacial score (nSPS) is 10.3. The van der Waals surface area contributed by atoms with Crippen LogP contribution in [-0.4, -0.2) is 16.1 Å². The topological polar surface area (TPSA) is 62.2 Å². The van der Waals surface area contributed by atoms with E-state index < -0.39 is 5.97 Å². The van der Waals surface area contributed by atoms with Crippen molar-refractivity contribution >= 4 is 51.7 Å². The molecule has 2 aromatic rings. The fraction of sp³-hybridized carbons (Fsp3) is 0.0769. The smallest absolute Gasteiger partial charge is 0.337 e. The second-order valence-electron chi connectivity index (χ2n) is 3.88. The molecule has 1 aromatic heterocycles. The van der Waals surface area contributed by atoms with Gasteiger partial charge in [-0.05, 0) is 59.8 Å². The molecule has 2 N–H and O–H groups in total. The van der Waals surface area contributed by atoms with Gasteiger partial charge in [-0.3, -0.25) is 0 Å². The molecule has 0 radical (unpaired) electrons. The van der Waals surface area contributed by atoms with Crippen LogP contribution in [0.1, 0.15) is 16.1 Å². The Kier molecular flexibility index (Phi) is 4.26. The van der Waals surface area contributed by atoms with Gasteiger partial charge in [-0.1, -0.05) is 11.6 Å². The number of hydrogen-bond donors (Lipinski definition) is 2. The number of nitrogens with zero attached hydrogens (tertiary/aromatic N) is 1. The Morgan fingerprint density at radius 3 is 2.68 bits per heavy atom. The number of benzene rings is 1. The summed E-state index contributed by atoms with van der Waals surface area (Å²) in [7, 11) is 0. The van der Waals surface area contributed by atoms with Crippen molar-refractivity contribution in [3.63, 3.8) is 0 Å². The Hall–Kier alpha value is -1.34. The van der Waals surface area contributed by atoms with Crippen LogP contribution in [0.3, 0.4) is 0 Å². The Labute approximate surface area is 129 Å². The number of anilines is 2. The minimum absolute atomic E-state index is 0.205. The van der Waals surface area contributed by atoms with Gasteiger partial charge in [0.05, 0.1) is 16.9 Å². The summed E-state index contributed by atoms with van der Waals surface area (Å²) in [4.78, 5) is 15.1. The van der Waals surface area contributed by atoms with Gasteiger partial charge in [0.2, 0.25) is 0 Å². The monoisotopic (exact) mass is 388 g/mol. The van der Waals surface area contributed by atoms with Crippen molar-refractivity contribution in [3.8, 4) is 0 Å². The number of hydrogen-bond acceptors (Lipinski definition) is 3. The highest BCUT2D eigenvalue weighted by molar-refractivity contribution is 14.1. The van der Waals surface area contributed by atoms with Crippen LogP contribution in [0.15, 0.2) is 30.3 Å². The van der Waals surface area contributed by atoms with E-state index in [0.717, 1.165) is 9.26 Å². The Morgan fingerprint density at radius 2 is 2.11 bits per heavy atom. The first-order chi connectivity index (χ1) is 8.97. The third-order valence-electron chi connectivity index (χ3n) is 2.51. The average molecular weight is 389 g/mol. The first-order valence-electron chi connectivity index (χ1n) is 5.40. The molecule has 0 saturated carbocycles. The predicted molar refractivity (Wildman–Crippen MR) is 83.4 cm³/mol. The van der Waals surface area contributed by atoms with E-state index in [2.05, 4.69) is 32.9 Å². The van der Waals surface area contributed by atoms with E-state index in [9.17, 15) is 4.79 Å². The molecule has 0 fully saturated rings. The highest BCUT2D eigenvalue weighted by Crippen LogP contribution is 2.25. The fourth-order valence-electron chi connectivity index (χ4n) is 1.59. The highest BCUT2D eigenvalue weighted by atomic mass is 127. The molecule has 1 aromatic carbocycles. The lowest BCUT2D eigenvalue weighted by molar-refractivity contribution is 0.0695. The molecule has 0 aliphatic heterocycles. The molecule has 0 aliphatic carbocycles. The van der Waals surface area contributed by atoms with Gasteiger partial charge in [-0.2, -0.15) is 0 Å². The summed E-state index contributed by atoms with van der Waals surface area (Å²) in [5.41, 5.74) is 1.55. The van der Waals surface area contributed by atoms with Gasteiger partial charge in [0.1, 0.15) is 5.82 Å². The maximum absolute atomic E-state index is 10.9. The van der Waals surface area contributed by atoms with Crippen molar-refractivity contribution < 1.29 is 9.90 Å². The lowest BCUT2D eigenvalue weighted by Crippen LogP contribution is -2.04. The van der Waals surface area contributed by atoms with Crippen LogP contribution in [-0.2, 0) is 0 Å². The number of carboxylic acid groups (broad SMARTS) is 1. The van der Waals surface area contributed by atoms with Crippen molar-refractivity contribution in [1.82, 2.24) is 4.98 Å². The van der Waals surface area contributed by atoms with Gasteiger partial charge in [-0.15, -0.1) is 0 Å². The number of carboxylic acids is 1. The second-order valence-corrected chi connectivity index (χ2v) is 5.48. The van der Waals surface area contributed by atoms with Gasteiger partial charge in [-0.25, -0.2) is 9.78 Å². The van der Waals surface area contributed by atoms with E-state index >= 15 is 0 Å². The molecule has 0 spiro atoms. The van der Waals surface area contributed by atoms with E-state index in [-0.39, 0.29) is 5.56 Å². The van der Waals surface area contributed by atoms with Crippen molar-refractivity contribution in [3.05, 3.63) is 50.2 Å². The van der Waals surface area contributed by atoms with Crippen LogP contribution in [0.4, 0.5) is 11.5 Å². The van der Waals surface area contributed by atoms with E-state index in [0.29, 0.717) is 16.5 Å². The van der Waals surface area contributed by atoms with Gasteiger partial charge < -0.3 is 10.4 Å². The molecule has 0 saturated heterocycles. The van der Waals surface area contributed by atoms with Crippen molar-refractivity contribution in [2.24, 2.45) is 0 Å². The molecule has 98 valence electrons. The van der Waals surface area contributed by atoms with Crippen LogP contribution >= 0.6 is 34.2 Å². The summed E-state index contributed by atoms with van der Waals surface area (Å²) in [6, 6.07) is 8.65. The van der Waals surface area contributed by atoms with Crippen LogP contribution in [0, 0.1) is 10.5 Å². The van der Waals surface area contributed by atoms with E-state index in [1.807, 2.05) is 12.1 Å². The third kappa shape index (κ3) is 3.36. The molecule has 4 nitrogen and oxygen atoms in total. The molecular weight excluding hydrogens is 379 g/mol. The number of aryl methyl sites for hydroxylation is 1. The predicted octanol–water partition coefficient (Wildman–Crippen LogP) is 4.09. The highest BCUT2D eigenvalue weighted by Gasteiger charge is 2.09. The van der Waals surface area contributed by atoms with Gasteiger partial charge in [0, 0.05) is 8.59 Å². The standard InChI is InChI=1S/C13H10ClIN2O2/c1-7-9(13(18)19)3-5-12(16-7)17-11-4-2-8(14)6-10(11)15/h2-6H,1H3,(H,16,17)(H,18,19). The minimum Gasteiger partial charge on any atom is -0.478 e. The minimum atomic E-state index is -0.974. The zero-order valence-corrected chi connectivity index (χ0v) is 12.9. The maximum atomic E-state index is 10.9. The molecule has 0 atom stereocenters. The van der Waals surface area contributed by atoms with Gasteiger partial charge in [0.25, 0.3) is 0 Å². The molecule has 19 heavy (non-hydrogen) atoms. The van der Waals surface area contributed by atoms with Crippen LogP contribution in [0.5, 0.6) is 0 Å². The number of aromatic nitrogens is 1. The van der Waals surface area contributed by atoms with Crippen LogP contribution < -0.4 is 5.32 Å². The number of nitrogens with one attached hydrogen (secondary N) is 1. The SMILES string of the molecule is Cc1nc(Nc2ccc(Cl)cc2I)ccc1C(=O)O. The summed E-state index contributed by atoms with van der Waals surface area (Å²) in [5.74, 6) is -0.375. The lowest BCUT2D eigenvalue weighted by atomic mass is 10.2. The summed E-state index contributed by atoms with van der Waals surface area (Å²) in [6.07, 6.45) is 0. The number of halogens is 2. The van der Waals surface area contributed by atoms with E-state index in [4.69, 9.17) is 16.7 Å². The van der Waals surface area contributed by atoms with Gasteiger partial charge >= 0.3 is 5.97 Å². The molecule has 0 amide bonds. The molecule has 0 unspecified atom stereocenters. The quantitative estimate of drug-likeness (QED) is 0.778. The first kappa shape index (κ1) is 14.1. The largest absolute Gasteiger partial charge is 0.478 e. The molecule has 6 heteroatoms. The summed E-state index contributed by atoms with van der Waals surface area (Å²) >= 11 is 8.06. The zero-order chi connectivity index (χ0) is 14.0. The number of pyridine rings is 1. The fourth-order valence-corrected chi connectivity index (χ4v) is 2.59. The Balaban J connectivity index is 2.29. The first-order valence-corrected chi connectivity index (χ1v) is 6.86. The molecular formula is C13H10ClIN2O2. The number of aromatic carboxylic acids is 1.